The number of halogens is 1. The molecule has 0 aliphatic rings. The van der Waals surface area contributed by atoms with Gasteiger partial charge in [-0.3, -0.25) is 0 Å². The zero-order valence-corrected chi connectivity index (χ0v) is 16.2. The van der Waals surface area contributed by atoms with E-state index in [9.17, 15) is 0 Å². The topological polar surface area (TPSA) is 29.9 Å². The maximum atomic E-state index is 4.75. The molecule has 1 N–H and O–H groups in total. The van der Waals surface area contributed by atoms with E-state index in [-0.39, 0.29) is 0 Å². The van der Waals surface area contributed by atoms with Crippen molar-refractivity contribution in [1.82, 2.24) is 9.55 Å². The summed E-state index contributed by atoms with van der Waals surface area (Å²) in [6, 6.07) is 25.3. The van der Waals surface area contributed by atoms with Crippen molar-refractivity contribution >= 4 is 32.7 Å². The highest BCUT2D eigenvalue weighted by molar-refractivity contribution is 9.10. The van der Waals surface area contributed by atoms with Crippen LogP contribution in [0.4, 0.5) is 5.69 Å². The Balaban J connectivity index is 1.55. The van der Waals surface area contributed by atoms with E-state index in [4.69, 9.17) is 4.98 Å². The van der Waals surface area contributed by atoms with Crippen LogP contribution in [0.2, 0.25) is 0 Å². The van der Waals surface area contributed by atoms with Gasteiger partial charge in [0.25, 0.3) is 0 Å². The summed E-state index contributed by atoms with van der Waals surface area (Å²) in [6.45, 7) is 3.70. The summed E-state index contributed by atoms with van der Waals surface area (Å²) >= 11 is 3.47. The number of anilines is 1. The first-order chi connectivity index (χ1) is 12.7. The van der Waals surface area contributed by atoms with Gasteiger partial charge in [0.15, 0.2) is 0 Å². The van der Waals surface area contributed by atoms with Crippen molar-refractivity contribution in [2.75, 3.05) is 5.32 Å². The quantitative estimate of drug-likeness (QED) is 0.456. The number of nitrogens with zero attached hydrogens (tertiary/aromatic N) is 2. The summed E-state index contributed by atoms with van der Waals surface area (Å²) in [5.41, 5.74) is 5.82. The highest BCUT2D eigenvalue weighted by atomic mass is 79.9. The SMILES string of the molecule is Cc1nc2cc(NCc3ccc(Br)cc3)ccc2n1Cc1ccccc1. The Hall–Kier alpha value is -2.59. The fraction of sp³-hybridized carbons (Fsp3) is 0.136. The summed E-state index contributed by atoms with van der Waals surface area (Å²) in [4.78, 5) is 4.75. The Morgan fingerprint density at radius 1 is 0.923 bits per heavy atom. The second-order valence-corrected chi connectivity index (χ2v) is 7.33. The van der Waals surface area contributed by atoms with Gasteiger partial charge >= 0.3 is 0 Å². The molecule has 4 aromatic rings. The molecule has 130 valence electrons. The van der Waals surface area contributed by atoms with Gasteiger partial charge in [-0.1, -0.05) is 58.4 Å². The van der Waals surface area contributed by atoms with Crippen LogP contribution < -0.4 is 5.32 Å². The molecule has 0 saturated heterocycles. The van der Waals surface area contributed by atoms with Crippen LogP contribution in [0.3, 0.4) is 0 Å². The van der Waals surface area contributed by atoms with E-state index in [1.54, 1.807) is 0 Å². The van der Waals surface area contributed by atoms with Crippen LogP contribution in [-0.4, -0.2) is 9.55 Å². The first-order valence-corrected chi connectivity index (χ1v) is 9.47. The van der Waals surface area contributed by atoms with Crippen molar-refractivity contribution in [2.24, 2.45) is 0 Å². The second kappa shape index (κ2) is 7.34. The Bertz CT molecular complexity index is 1020. The average Bonchev–Trinajstić information content (AvgIpc) is 2.97. The van der Waals surface area contributed by atoms with Gasteiger partial charge in [-0.25, -0.2) is 4.98 Å². The molecule has 0 radical (unpaired) electrons. The predicted octanol–water partition coefficient (Wildman–Crippen LogP) is 5.77. The minimum atomic E-state index is 0.794. The van der Waals surface area contributed by atoms with Crippen LogP contribution in [-0.2, 0) is 13.1 Å². The van der Waals surface area contributed by atoms with Crippen molar-refractivity contribution in [2.45, 2.75) is 20.0 Å². The lowest BCUT2D eigenvalue weighted by atomic mass is 10.2. The minimum absolute atomic E-state index is 0.794. The maximum absolute atomic E-state index is 4.75. The third-order valence-corrected chi connectivity index (χ3v) is 5.06. The molecule has 0 fully saturated rings. The molecule has 4 heteroatoms. The Labute approximate surface area is 161 Å². The molecular formula is C22H20BrN3. The van der Waals surface area contributed by atoms with Crippen LogP contribution in [0.1, 0.15) is 17.0 Å². The van der Waals surface area contributed by atoms with Crippen molar-refractivity contribution in [1.29, 1.82) is 0 Å². The first kappa shape index (κ1) is 16.9. The Kier molecular flexibility index (Phi) is 4.76. The number of aromatic nitrogens is 2. The zero-order valence-electron chi connectivity index (χ0n) is 14.6. The standard InChI is InChI=1S/C22H20BrN3/c1-16-25-21-13-20(24-14-17-7-9-19(23)10-8-17)11-12-22(21)26(16)15-18-5-3-2-4-6-18/h2-13,24H,14-15H2,1H3. The first-order valence-electron chi connectivity index (χ1n) is 8.68. The van der Waals surface area contributed by atoms with E-state index in [1.807, 2.05) is 6.07 Å². The molecule has 1 heterocycles. The van der Waals surface area contributed by atoms with Crippen molar-refractivity contribution in [3.05, 3.63) is 94.2 Å². The fourth-order valence-electron chi connectivity index (χ4n) is 3.13. The van der Waals surface area contributed by atoms with E-state index in [0.717, 1.165) is 34.6 Å². The normalized spacial score (nSPS) is 11.0. The van der Waals surface area contributed by atoms with Gasteiger partial charge in [-0.05, 0) is 48.4 Å². The highest BCUT2D eigenvalue weighted by Gasteiger charge is 2.08. The third-order valence-electron chi connectivity index (χ3n) is 4.53. The van der Waals surface area contributed by atoms with E-state index in [2.05, 4.69) is 99.5 Å². The minimum Gasteiger partial charge on any atom is -0.381 e. The van der Waals surface area contributed by atoms with E-state index in [1.165, 1.54) is 16.6 Å². The van der Waals surface area contributed by atoms with Gasteiger partial charge in [0.1, 0.15) is 5.82 Å². The van der Waals surface area contributed by atoms with Gasteiger partial charge in [-0.15, -0.1) is 0 Å². The molecule has 0 amide bonds. The number of benzene rings is 3. The van der Waals surface area contributed by atoms with Crippen molar-refractivity contribution in [3.63, 3.8) is 0 Å². The summed E-state index contributed by atoms with van der Waals surface area (Å²) in [7, 11) is 0. The number of imidazole rings is 1. The van der Waals surface area contributed by atoms with Gasteiger partial charge < -0.3 is 9.88 Å². The lowest BCUT2D eigenvalue weighted by Gasteiger charge is -2.09. The van der Waals surface area contributed by atoms with Gasteiger partial charge in [-0.2, -0.15) is 0 Å². The molecule has 0 saturated carbocycles. The lowest BCUT2D eigenvalue weighted by molar-refractivity contribution is 0.786. The lowest BCUT2D eigenvalue weighted by Crippen LogP contribution is -2.02. The summed E-state index contributed by atoms with van der Waals surface area (Å²) < 4.78 is 3.37. The van der Waals surface area contributed by atoms with Crippen molar-refractivity contribution in [3.8, 4) is 0 Å². The molecule has 0 unspecified atom stereocenters. The number of fused-ring (bicyclic) bond motifs is 1. The smallest absolute Gasteiger partial charge is 0.107 e. The molecule has 0 spiro atoms. The number of rotatable bonds is 5. The molecule has 26 heavy (non-hydrogen) atoms. The monoisotopic (exact) mass is 405 g/mol. The molecule has 1 aromatic heterocycles. The van der Waals surface area contributed by atoms with Gasteiger partial charge in [0, 0.05) is 23.2 Å². The van der Waals surface area contributed by atoms with E-state index < -0.39 is 0 Å². The molecular weight excluding hydrogens is 386 g/mol. The predicted molar refractivity (Wildman–Crippen MR) is 111 cm³/mol. The van der Waals surface area contributed by atoms with E-state index in [0.29, 0.717) is 0 Å². The van der Waals surface area contributed by atoms with Crippen LogP contribution in [0, 0.1) is 6.92 Å². The van der Waals surface area contributed by atoms with E-state index >= 15 is 0 Å². The largest absolute Gasteiger partial charge is 0.381 e. The number of aryl methyl sites for hydroxylation is 1. The number of hydrogen-bond acceptors (Lipinski definition) is 2. The number of hydrogen-bond donors (Lipinski definition) is 1. The Morgan fingerprint density at radius 2 is 1.69 bits per heavy atom. The maximum Gasteiger partial charge on any atom is 0.107 e. The van der Waals surface area contributed by atoms with Crippen LogP contribution in [0.5, 0.6) is 0 Å². The number of nitrogens with one attached hydrogen (secondary N) is 1. The van der Waals surface area contributed by atoms with Crippen LogP contribution in [0.15, 0.2) is 77.3 Å². The highest BCUT2D eigenvalue weighted by Crippen LogP contribution is 2.22. The zero-order chi connectivity index (χ0) is 17.9. The van der Waals surface area contributed by atoms with Crippen LogP contribution in [0.25, 0.3) is 11.0 Å². The summed E-state index contributed by atoms with van der Waals surface area (Å²) in [5.74, 6) is 1.04. The molecule has 0 bridgehead atoms. The fourth-order valence-corrected chi connectivity index (χ4v) is 3.40. The summed E-state index contributed by atoms with van der Waals surface area (Å²) in [6.07, 6.45) is 0. The second-order valence-electron chi connectivity index (χ2n) is 6.41. The van der Waals surface area contributed by atoms with Gasteiger partial charge in [0.05, 0.1) is 11.0 Å². The van der Waals surface area contributed by atoms with Gasteiger partial charge in [0.2, 0.25) is 0 Å². The molecule has 0 aliphatic carbocycles. The van der Waals surface area contributed by atoms with Crippen molar-refractivity contribution < 1.29 is 0 Å². The average molecular weight is 406 g/mol. The summed E-state index contributed by atoms with van der Waals surface area (Å²) in [5, 5.41) is 3.49. The third kappa shape index (κ3) is 3.65. The van der Waals surface area contributed by atoms with Crippen LogP contribution >= 0.6 is 15.9 Å². The molecule has 0 atom stereocenters. The molecule has 3 aromatic carbocycles. The Morgan fingerprint density at radius 3 is 2.46 bits per heavy atom. The molecule has 0 aliphatic heterocycles. The molecule has 4 rings (SSSR count). The molecule has 3 nitrogen and oxygen atoms in total.